The first-order valence-corrected chi connectivity index (χ1v) is 3.17. The van der Waals surface area contributed by atoms with E-state index in [1.807, 2.05) is 6.92 Å². The summed E-state index contributed by atoms with van der Waals surface area (Å²) in [5.41, 5.74) is 0. The molecule has 3 heteroatoms. The molecule has 0 aliphatic heterocycles. The Morgan fingerprint density at radius 2 is 2.10 bits per heavy atom. The molecular formula is C7H11O3. The molecule has 0 aliphatic carbocycles. The van der Waals surface area contributed by atoms with Crippen LogP contribution in [0.4, 0.5) is 0 Å². The molecule has 0 fully saturated rings. The minimum absolute atomic E-state index is 0.128. The number of hydrogen-bond donors (Lipinski definition) is 0. The van der Waals surface area contributed by atoms with E-state index in [4.69, 9.17) is 0 Å². The van der Waals surface area contributed by atoms with Crippen LogP contribution >= 0.6 is 0 Å². The third kappa shape index (κ3) is 5.28. The number of carbonyl (C=O) groups is 2. The molecule has 0 bridgehead atoms. The fourth-order valence-electron chi connectivity index (χ4n) is 0.421. The van der Waals surface area contributed by atoms with Gasteiger partial charge in [-0.25, -0.2) is 0 Å². The van der Waals surface area contributed by atoms with Crippen molar-refractivity contribution in [3.63, 3.8) is 0 Å². The van der Waals surface area contributed by atoms with E-state index in [0.717, 1.165) is 0 Å². The zero-order valence-electron chi connectivity index (χ0n) is 6.22. The van der Waals surface area contributed by atoms with Gasteiger partial charge in [-0.3, -0.25) is 9.59 Å². The first-order valence-electron chi connectivity index (χ1n) is 3.17. The van der Waals surface area contributed by atoms with Gasteiger partial charge in [-0.05, 0) is 13.3 Å². The summed E-state index contributed by atoms with van der Waals surface area (Å²) in [6.07, 6.45) is 0.542. The lowest BCUT2D eigenvalue weighted by Gasteiger charge is -1.97. The minimum Gasteiger partial charge on any atom is -0.458 e. The van der Waals surface area contributed by atoms with Gasteiger partial charge in [0.05, 0.1) is 0 Å². The van der Waals surface area contributed by atoms with Gasteiger partial charge in [0.25, 0.3) is 0 Å². The fraction of sp³-hybridized carbons (Fsp3) is 0.571. The molecule has 10 heavy (non-hydrogen) atoms. The molecule has 0 aromatic carbocycles. The zero-order chi connectivity index (χ0) is 7.98. The Morgan fingerprint density at radius 3 is 2.50 bits per heavy atom. The summed E-state index contributed by atoms with van der Waals surface area (Å²) in [6, 6.07) is 0. The summed E-state index contributed by atoms with van der Waals surface area (Å²) >= 11 is 0. The van der Waals surface area contributed by atoms with E-state index in [0.29, 0.717) is 6.42 Å². The SMILES string of the molecule is CC[CH]OC(=O)CC(C)=O. The lowest BCUT2D eigenvalue weighted by atomic mass is 10.3. The first-order chi connectivity index (χ1) is 4.66. The highest BCUT2D eigenvalue weighted by atomic mass is 16.5. The third-order valence-electron chi connectivity index (χ3n) is 0.775. The number of ether oxygens (including phenoxy) is 1. The fourth-order valence-corrected chi connectivity index (χ4v) is 0.421. The van der Waals surface area contributed by atoms with Crippen LogP contribution in [0.3, 0.4) is 0 Å². The van der Waals surface area contributed by atoms with Gasteiger partial charge in [0.15, 0.2) is 0 Å². The Kier molecular flexibility index (Phi) is 4.54. The molecule has 0 aromatic rings. The van der Waals surface area contributed by atoms with Crippen LogP contribution in [0.25, 0.3) is 0 Å². The Balaban J connectivity index is 3.35. The number of rotatable bonds is 4. The molecule has 0 aromatic heterocycles. The highest BCUT2D eigenvalue weighted by molar-refractivity contribution is 5.94. The Labute approximate surface area is 60.4 Å². The molecular weight excluding hydrogens is 132 g/mol. The largest absolute Gasteiger partial charge is 0.458 e. The van der Waals surface area contributed by atoms with Gasteiger partial charge in [0, 0.05) is 0 Å². The van der Waals surface area contributed by atoms with Gasteiger partial charge < -0.3 is 4.74 Å². The number of Topliss-reactive ketones (excluding diaryl/α,β-unsaturated/α-hetero) is 1. The predicted octanol–water partition coefficient (Wildman–Crippen LogP) is 1.08. The van der Waals surface area contributed by atoms with Crippen molar-refractivity contribution in [2.45, 2.75) is 26.7 Å². The molecule has 0 saturated heterocycles. The maximum absolute atomic E-state index is 10.5. The summed E-state index contributed by atoms with van der Waals surface area (Å²) in [5, 5.41) is 0. The molecule has 0 amide bonds. The monoisotopic (exact) mass is 143 g/mol. The van der Waals surface area contributed by atoms with Crippen molar-refractivity contribution in [1.29, 1.82) is 0 Å². The van der Waals surface area contributed by atoms with Crippen LogP contribution in [0.15, 0.2) is 0 Å². The van der Waals surface area contributed by atoms with Crippen LogP contribution in [0, 0.1) is 6.61 Å². The second-order valence-corrected chi connectivity index (χ2v) is 1.94. The lowest BCUT2D eigenvalue weighted by molar-refractivity contribution is -0.142. The average Bonchev–Trinajstić information content (AvgIpc) is 1.82. The van der Waals surface area contributed by atoms with Crippen molar-refractivity contribution in [2.75, 3.05) is 0 Å². The smallest absolute Gasteiger partial charge is 0.313 e. The zero-order valence-corrected chi connectivity index (χ0v) is 6.22. The van der Waals surface area contributed by atoms with Crippen LogP contribution < -0.4 is 0 Å². The molecule has 0 aliphatic rings. The summed E-state index contributed by atoms with van der Waals surface area (Å²) < 4.78 is 4.52. The van der Waals surface area contributed by atoms with Gasteiger partial charge >= 0.3 is 5.97 Å². The van der Waals surface area contributed by atoms with E-state index in [2.05, 4.69) is 4.74 Å². The average molecular weight is 143 g/mol. The highest BCUT2D eigenvalue weighted by Gasteiger charge is 2.04. The van der Waals surface area contributed by atoms with E-state index in [1.165, 1.54) is 13.5 Å². The van der Waals surface area contributed by atoms with Gasteiger partial charge in [0.1, 0.15) is 18.8 Å². The van der Waals surface area contributed by atoms with E-state index in [9.17, 15) is 9.59 Å². The van der Waals surface area contributed by atoms with Crippen LogP contribution in [0.5, 0.6) is 0 Å². The molecule has 0 rings (SSSR count). The van der Waals surface area contributed by atoms with E-state index in [1.54, 1.807) is 0 Å². The molecule has 0 atom stereocenters. The van der Waals surface area contributed by atoms with Crippen molar-refractivity contribution < 1.29 is 14.3 Å². The molecule has 0 heterocycles. The summed E-state index contributed by atoms with van der Waals surface area (Å²) in [5.74, 6) is -0.649. The standard InChI is InChI=1S/C7H11O3/c1-3-4-10-7(9)5-6(2)8/h4H,3,5H2,1-2H3. The number of esters is 1. The van der Waals surface area contributed by atoms with Gasteiger partial charge in [-0.2, -0.15) is 0 Å². The Bertz CT molecular complexity index is 129. The molecule has 0 unspecified atom stereocenters. The number of carbonyl (C=O) groups excluding carboxylic acids is 2. The molecule has 0 saturated carbocycles. The first kappa shape index (κ1) is 9.14. The van der Waals surface area contributed by atoms with E-state index in [-0.39, 0.29) is 12.2 Å². The van der Waals surface area contributed by atoms with Crippen LogP contribution in [0.2, 0.25) is 0 Å². The van der Waals surface area contributed by atoms with Crippen molar-refractivity contribution in [1.82, 2.24) is 0 Å². The van der Waals surface area contributed by atoms with E-state index < -0.39 is 5.97 Å². The second kappa shape index (κ2) is 4.97. The van der Waals surface area contributed by atoms with Gasteiger partial charge in [-0.15, -0.1) is 0 Å². The van der Waals surface area contributed by atoms with Gasteiger partial charge in [-0.1, -0.05) is 6.92 Å². The van der Waals surface area contributed by atoms with E-state index >= 15 is 0 Å². The molecule has 0 spiro atoms. The maximum atomic E-state index is 10.5. The minimum atomic E-state index is -0.477. The lowest BCUT2D eigenvalue weighted by Crippen LogP contribution is -2.06. The molecule has 1 radical (unpaired) electrons. The third-order valence-corrected chi connectivity index (χ3v) is 0.775. The number of hydrogen-bond acceptors (Lipinski definition) is 3. The van der Waals surface area contributed by atoms with Crippen LogP contribution in [0.1, 0.15) is 26.7 Å². The Morgan fingerprint density at radius 1 is 1.50 bits per heavy atom. The number of ketones is 1. The van der Waals surface area contributed by atoms with Crippen LogP contribution in [-0.4, -0.2) is 11.8 Å². The van der Waals surface area contributed by atoms with Crippen molar-refractivity contribution in [3.8, 4) is 0 Å². The summed E-state index contributed by atoms with van der Waals surface area (Å²) in [6.45, 7) is 4.58. The van der Waals surface area contributed by atoms with Crippen LogP contribution in [-0.2, 0) is 14.3 Å². The summed E-state index contributed by atoms with van der Waals surface area (Å²) in [7, 11) is 0. The molecule has 57 valence electrons. The molecule has 3 nitrogen and oxygen atoms in total. The normalized spacial score (nSPS) is 9.00. The quantitative estimate of drug-likeness (QED) is 0.437. The molecule has 0 N–H and O–H groups in total. The van der Waals surface area contributed by atoms with Gasteiger partial charge in [0.2, 0.25) is 0 Å². The topological polar surface area (TPSA) is 43.4 Å². The van der Waals surface area contributed by atoms with Crippen molar-refractivity contribution >= 4 is 11.8 Å². The second-order valence-electron chi connectivity index (χ2n) is 1.94. The predicted molar refractivity (Wildman–Crippen MR) is 36.0 cm³/mol. The Hall–Kier alpha value is -0.860. The maximum Gasteiger partial charge on any atom is 0.313 e. The highest BCUT2D eigenvalue weighted by Crippen LogP contribution is 1.92. The van der Waals surface area contributed by atoms with Crippen molar-refractivity contribution in [3.05, 3.63) is 6.61 Å². The van der Waals surface area contributed by atoms with Crippen molar-refractivity contribution in [2.24, 2.45) is 0 Å². The summed E-state index contributed by atoms with van der Waals surface area (Å²) in [4.78, 5) is 20.8.